The molecule has 2 rings (SSSR count). The maximum Gasteiger partial charge on any atom is 0.305 e. The molecule has 1 aliphatic rings. The lowest BCUT2D eigenvalue weighted by molar-refractivity contribution is -0.139. The van der Waals surface area contributed by atoms with Gasteiger partial charge < -0.3 is 19.9 Å². The summed E-state index contributed by atoms with van der Waals surface area (Å²) >= 11 is 0. The number of carboxylic acids is 1. The van der Waals surface area contributed by atoms with Crippen molar-refractivity contribution in [2.75, 3.05) is 19.8 Å². The number of allylic oxidation sites excluding steroid dienone is 1. The van der Waals surface area contributed by atoms with Crippen LogP contribution in [0.2, 0.25) is 0 Å². The Balaban J connectivity index is 2.08. The highest BCUT2D eigenvalue weighted by Crippen LogP contribution is 2.25. The van der Waals surface area contributed by atoms with E-state index in [4.69, 9.17) is 9.47 Å². The number of carbonyl (C=O) groups excluding carboxylic acids is 1. The average Bonchev–Trinajstić information content (AvgIpc) is 2.54. The fraction of sp³-hybridized carbons (Fsp3) is 0.474. The van der Waals surface area contributed by atoms with E-state index in [0.717, 1.165) is 5.57 Å². The van der Waals surface area contributed by atoms with Crippen molar-refractivity contribution in [2.45, 2.75) is 38.6 Å². The van der Waals surface area contributed by atoms with Gasteiger partial charge in [-0.25, -0.2) is 0 Å². The molecule has 1 aliphatic heterocycles. The molecule has 1 aromatic rings. The molecular weight excluding hydrogens is 322 g/mol. The molecule has 1 saturated heterocycles. The Bertz CT molecular complexity index is 643. The second-order valence-electron chi connectivity index (χ2n) is 6.54. The van der Waals surface area contributed by atoms with Crippen molar-refractivity contribution >= 4 is 11.9 Å². The van der Waals surface area contributed by atoms with Crippen molar-refractivity contribution in [3.8, 4) is 5.75 Å². The molecule has 0 atom stereocenters. The van der Waals surface area contributed by atoms with Crippen LogP contribution in [-0.4, -0.2) is 42.3 Å². The minimum Gasteiger partial charge on any atom is -0.490 e. The zero-order valence-corrected chi connectivity index (χ0v) is 14.7. The zero-order valence-electron chi connectivity index (χ0n) is 14.7. The molecule has 6 heteroatoms. The number of hydrogen-bond acceptors (Lipinski definition) is 4. The van der Waals surface area contributed by atoms with Crippen LogP contribution in [-0.2, 0) is 9.53 Å². The van der Waals surface area contributed by atoms with Gasteiger partial charge in [0.05, 0.1) is 12.0 Å². The second kappa shape index (κ2) is 8.67. The molecule has 0 aliphatic carbocycles. The summed E-state index contributed by atoms with van der Waals surface area (Å²) in [4.78, 5) is 23.8. The molecule has 0 saturated carbocycles. The highest BCUT2D eigenvalue weighted by atomic mass is 16.5. The van der Waals surface area contributed by atoms with Crippen LogP contribution in [0.3, 0.4) is 0 Å². The Kier molecular flexibility index (Phi) is 6.58. The summed E-state index contributed by atoms with van der Waals surface area (Å²) in [5.74, 6) is -0.624. The van der Waals surface area contributed by atoms with Gasteiger partial charge in [-0.15, -0.1) is 0 Å². The maximum atomic E-state index is 12.6. The van der Waals surface area contributed by atoms with E-state index in [2.05, 4.69) is 5.32 Å². The average molecular weight is 347 g/mol. The van der Waals surface area contributed by atoms with Gasteiger partial charge in [0.15, 0.2) is 0 Å². The standard InChI is InChI=1S/C19H25NO5/c1-14(2)6-9-25-16-5-3-4-15(12-16)18(23)20-19(13-17(21)22)7-10-24-11-8-19/h3-6,12H,7-11,13H2,1-2H3,(H,20,23)(H,21,22). The molecule has 25 heavy (non-hydrogen) atoms. The topological polar surface area (TPSA) is 84.9 Å². The fourth-order valence-electron chi connectivity index (χ4n) is 2.74. The Labute approximate surface area is 147 Å². The Morgan fingerprint density at radius 2 is 2.04 bits per heavy atom. The first-order valence-electron chi connectivity index (χ1n) is 8.38. The Hall–Kier alpha value is -2.34. The zero-order chi connectivity index (χ0) is 18.3. The van der Waals surface area contributed by atoms with Crippen molar-refractivity contribution in [2.24, 2.45) is 0 Å². The molecule has 1 fully saturated rings. The summed E-state index contributed by atoms with van der Waals surface area (Å²) in [5.41, 5.74) is 0.843. The first kappa shape index (κ1) is 19.0. The van der Waals surface area contributed by atoms with Crippen LogP contribution in [0, 0.1) is 0 Å². The quantitative estimate of drug-likeness (QED) is 0.741. The van der Waals surface area contributed by atoms with E-state index in [0.29, 0.717) is 44.0 Å². The third-order valence-electron chi connectivity index (χ3n) is 4.16. The van der Waals surface area contributed by atoms with Crippen LogP contribution in [0.5, 0.6) is 5.75 Å². The minimum atomic E-state index is -0.930. The number of ether oxygens (including phenoxy) is 2. The van der Waals surface area contributed by atoms with Crippen LogP contribution in [0.25, 0.3) is 0 Å². The number of aliphatic carboxylic acids is 1. The molecule has 0 radical (unpaired) electrons. The third-order valence-corrected chi connectivity index (χ3v) is 4.16. The Morgan fingerprint density at radius 3 is 2.68 bits per heavy atom. The molecule has 0 unspecified atom stereocenters. The molecule has 1 heterocycles. The van der Waals surface area contributed by atoms with Crippen LogP contribution in [0.4, 0.5) is 0 Å². The lowest BCUT2D eigenvalue weighted by Crippen LogP contribution is -2.53. The van der Waals surface area contributed by atoms with E-state index in [1.54, 1.807) is 24.3 Å². The lowest BCUT2D eigenvalue weighted by atomic mass is 9.86. The summed E-state index contributed by atoms with van der Waals surface area (Å²) in [6.45, 7) is 5.30. The van der Waals surface area contributed by atoms with Gasteiger partial charge in [-0.1, -0.05) is 11.6 Å². The number of amides is 1. The van der Waals surface area contributed by atoms with E-state index >= 15 is 0 Å². The van der Waals surface area contributed by atoms with Crippen LogP contribution in [0.15, 0.2) is 35.9 Å². The molecule has 0 spiro atoms. The monoisotopic (exact) mass is 347 g/mol. The van der Waals surface area contributed by atoms with Gasteiger partial charge in [0.2, 0.25) is 0 Å². The SMILES string of the molecule is CC(C)=CCOc1cccc(C(=O)NC2(CC(=O)O)CCOCC2)c1. The molecular formula is C19H25NO5. The number of nitrogens with one attached hydrogen (secondary N) is 1. The van der Waals surface area contributed by atoms with E-state index in [1.807, 2.05) is 19.9 Å². The predicted octanol–water partition coefficient (Wildman–Crippen LogP) is 2.79. The summed E-state index contributed by atoms with van der Waals surface area (Å²) in [5, 5.41) is 12.1. The largest absolute Gasteiger partial charge is 0.490 e. The highest BCUT2D eigenvalue weighted by Gasteiger charge is 2.36. The number of carbonyl (C=O) groups is 2. The number of rotatable bonds is 7. The third kappa shape index (κ3) is 5.90. The first-order valence-corrected chi connectivity index (χ1v) is 8.38. The molecule has 1 aromatic carbocycles. The molecule has 0 bridgehead atoms. The molecule has 6 nitrogen and oxygen atoms in total. The summed E-state index contributed by atoms with van der Waals surface area (Å²) in [7, 11) is 0. The maximum absolute atomic E-state index is 12.6. The smallest absolute Gasteiger partial charge is 0.305 e. The number of benzene rings is 1. The van der Waals surface area contributed by atoms with Crippen LogP contribution in [0.1, 0.15) is 43.5 Å². The van der Waals surface area contributed by atoms with Gasteiger partial charge in [-0.3, -0.25) is 9.59 Å². The fourth-order valence-corrected chi connectivity index (χ4v) is 2.74. The van der Waals surface area contributed by atoms with E-state index in [9.17, 15) is 14.7 Å². The first-order chi connectivity index (χ1) is 11.9. The molecule has 136 valence electrons. The van der Waals surface area contributed by atoms with E-state index in [-0.39, 0.29) is 12.3 Å². The Morgan fingerprint density at radius 1 is 1.32 bits per heavy atom. The molecule has 2 N–H and O–H groups in total. The van der Waals surface area contributed by atoms with Crippen LogP contribution >= 0.6 is 0 Å². The molecule has 0 aromatic heterocycles. The number of carboxylic acid groups (broad SMARTS) is 1. The number of hydrogen-bond donors (Lipinski definition) is 2. The van der Waals surface area contributed by atoms with Gasteiger partial charge in [-0.05, 0) is 51.0 Å². The van der Waals surface area contributed by atoms with E-state index in [1.165, 1.54) is 0 Å². The van der Waals surface area contributed by atoms with Crippen LogP contribution < -0.4 is 10.1 Å². The van der Waals surface area contributed by atoms with E-state index < -0.39 is 11.5 Å². The molecule has 1 amide bonds. The predicted molar refractivity (Wildman–Crippen MR) is 93.9 cm³/mol. The summed E-state index contributed by atoms with van der Waals surface area (Å²) in [6, 6.07) is 6.90. The van der Waals surface area contributed by atoms with Crippen molar-refractivity contribution in [1.82, 2.24) is 5.32 Å². The van der Waals surface area contributed by atoms with Gasteiger partial charge in [0.1, 0.15) is 12.4 Å². The minimum absolute atomic E-state index is 0.112. The van der Waals surface area contributed by atoms with Crippen molar-refractivity contribution in [3.05, 3.63) is 41.5 Å². The highest BCUT2D eigenvalue weighted by molar-refractivity contribution is 5.95. The summed E-state index contributed by atoms with van der Waals surface area (Å²) < 4.78 is 10.9. The van der Waals surface area contributed by atoms with Crippen molar-refractivity contribution in [1.29, 1.82) is 0 Å². The van der Waals surface area contributed by atoms with Gasteiger partial charge in [0, 0.05) is 18.8 Å². The van der Waals surface area contributed by atoms with Gasteiger partial charge in [0.25, 0.3) is 5.91 Å². The second-order valence-corrected chi connectivity index (χ2v) is 6.54. The van der Waals surface area contributed by atoms with Crippen molar-refractivity contribution in [3.63, 3.8) is 0 Å². The summed E-state index contributed by atoms with van der Waals surface area (Å²) in [6.07, 6.45) is 2.82. The lowest BCUT2D eigenvalue weighted by Gasteiger charge is -2.36. The van der Waals surface area contributed by atoms with Crippen molar-refractivity contribution < 1.29 is 24.2 Å². The normalized spacial score (nSPS) is 15.9. The van der Waals surface area contributed by atoms with Gasteiger partial charge >= 0.3 is 5.97 Å². The van der Waals surface area contributed by atoms with Gasteiger partial charge in [-0.2, -0.15) is 0 Å².